The van der Waals surface area contributed by atoms with E-state index in [1.54, 1.807) is 0 Å². The van der Waals surface area contributed by atoms with Crippen molar-refractivity contribution in [2.75, 3.05) is 0 Å². The lowest BCUT2D eigenvalue weighted by Crippen LogP contribution is -2.16. The third-order valence-electron chi connectivity index (χ3n) is 5.49. The smallest absolute Gasteiger partial charge is 0.0183 e. The molecule has 20 heavy (non-hydrogen) atoms. The molecule has 0 radical (unpaired) electrons. The van der Waals surface area contributed by atoms with Gasteiger partial charge < -0.3 is 0 Å². The lowest BCUT2D eigenvalue weighted by molar-refractivity contribution is 0.294. The predicted octanol–water partition coefficient (Wildman–Crippen LogP) is 6.78. The average Bonchev–Trinajstić information content (AvgIpc) is 2.40. The molecule has 0 amide bonds. The first-order chi connectivity index (χ1) is 9.43. The van der Waals surface area contributed by atoms with Crippen molar-refractivity contribution in [1.82, 2.24) is 0 Å². The van der Waals surface area contributed by atoms with Gasteiger partial charge in [-0.1, -0.05) is 76.7 Å². The molecule has 2 fully saturated rings. The molecule has 0 saturated heterocycles. The summed E-state index contributed by atoms with van der Waals surface area (Å²) in [4.78, 5) is 0. The highest BCUT2D eigenvalue weighted by Gasteiger charge is 2.21. The van der Waals surface area contributed by atoms with Gasteiger partial charge >= 0.3 is 0 Å². The van der Waals surface area contributed by atoms with Gasteiger partial charge in [-0.15, -0.1) is 0 Å². The largest absolute Gasteiger partial charge is 0.0999 e. The van der Waals surface area contributed by atoms with Gasteiger partial charge in [0.05, 0.1) is 0 Å². The zero-order valence-electron chi connectivity index (χ0n) is 14.4. The minimum absolute atomic E-state index is 0.828. The zero-order chi connectivity index (χ0) is 15.1. The summed E-state index contributed by atoms with van der Waals surface area (Å²) >= 11 is 0. The predicted molar refractivity (Wildman–Crippen MR) is 91.9 cm³/mol. The first kappa shape index (κ1) is 17.5. The molecule has 0 aromatic heterocycles. The van der Waals surface area contributed by atoms with Crippen LogP contribution in [0.3, 0.4) is 0 Å². The number of allylic oxidation sites excluding steroid dienone is 2. The third-order valence-corrected chi connectivity index (χ3v) is 5.49. The minimum atomic E-state index is 0.828. The molecule has 0 spiro atoms. The van der Waals surface area contributed by atoms with Crippen molar-refractivity contribution in [2.24, 2.45) is 23.7 Å². The van der Waals surface area contributed by atoms with Crippen LogP contribution in [0.15, 0.2) is 24.3 Å². The maximum Gasteiger partial charge on any atom is -0.0183 e. The monoisotopic (exact) mass is 276 g/mol. The van der Waals surface area contributed by atoms with Gasteiger partial charge in [-0.2, -0.15) is 0 Å². The fourth-order valence-corrected chi connectivity index (χ4v) is 4.10. The van der Waals surface area contributed by atoms with E-state index in [4.69, 9.17) is 0 Å². The first-order valence-corrected chi connectivity index (χ1v) is 8.74. The van der Waals surface area contributed by atoms with E-state index in [0.29, 0.717) is 0 Å². The second kappa shape index (κ2) is 8.70. The Bertz CT molecular complexity index is 280. The molecule has 4 atom stereocenters. The van der Waals surface area contributed by atoms with E-state index in [1.807, 2.05) is 0 Å². The highest BCUT2D eigenvalue weighted by Crippen LogP contribution is 2.34. The molecule has 0 nitrogen and oxygen atoms in total. The van der Waals surface area contributed by atoms with Crippen molar-refractivity contribution >= 4 is 0 Å². The number of rotatable bonds is 2. The van der Waals surface area contributed by atoms with E-state index in [2.05, 4.69) is 40.9 Å². The maximum atomic E-state index is 4.03. The molecule has 2 aliphatic rings. The Labute approximate surface area is 127 Å². The topological polar surface area (TPSA) is 0 Å². The van der Waals surface area contributed by atoms with Crippen LogP contribution in [-0.4, -0.2) is 0 Å². The average molecular weight is 277 g/mol. The molecule has 0 bridgehead atoms. The van der Waals surface area contributed by atoms with Crippen molar-refractivity contribution in [1.29, 1.82) is 0 Å². The van der Waals surface area contributed by atoms with Crippen molar-refractivity contribution in [3.8, 4) is 0 Å². The first-order valence-electron chi connectivity index (χ1n) is 8.74. The molecule has 0 aromatic carbocycles. The molecular formula is C20H36. The molecule has 116 valence electrons. The fraction of sp³-hybridized carbons (Fsp3) is 0.800. The molecule has 0 heteroatoms. The number of hydrogen-bond donors (Lipinski definition) is 0. The summed E-state index contributed by atoms with van der Waals surface area (Å²) in [5, 5.41) is 0. The molecule has 0 N–H and O–H groups in total. The normalized spacial score (nSPS) is 33.8. The number of hydrogen-bond acceptors (Lipinski definition) is 0. The summed E-state index contributed by atoms with van der Waals surface area (Å²) in [6.45, 7) is 17.1. The van der Waals surface area contributed by atoms with Crippen LogP contribution in [0.2, 0.25) is 0 Å². The van der Waals surface area contributed by atoms with Crippen molar-refractivity contribution in [3.05, 3.63) is 24.3 Å². The summed E-state index contributed by atoms with van der Waals surface area (Å²) in [5.74, 6) is 3.44. The Morgan fingerprint density at radius 3 is 1.15 bits per heavy atom. The van der Waals surface area contributed by atoms with Gasteiger partial charge in [-0.25, -0.2) is 0 Å². The zero-order valence-corrected chi connectivity index (χ0v) is 14.4. The van der Waals surface area contributed by atoms with Gasteiger partial charge in [0.15, 0.2) is 0 Å². The van der Waals surface area contributed by atoms with Gasteiger partial charge in [0, 0.05) is 0 Å². The Hall–Kier alpha value is -0.520. The molecule has 0 heterocycles. The van der Waals surface area contributed by atoms with E-state index in [9.17, 15) is 0 Å². The molecule has 0 aliphatic heterocycles. The molecule has 4 unspecified atom stereocenters. The lowest BCUT2D eigenvalue weighted by atomic mass is 9.77. The summed E-state index contributed by atoms with van der Waals surface area (Å²) in [6.07, 6.45) is 11.3. The van der Waals surface area contributed by atoms with Crippen LogP contribution in [0.4, 0.5) is 0 Å². The van der Waals surface area contributed by atoms with Crippen molar-refractivity contribution in [3.63, 3.8) is 0 Å². The van der Waals surface area contributed by atoms with Gasteiger partial charge in [-0.05, 0) is 50.4 Å². The molecular weight excluding hydrogens is 240 g/mol. The molecule has 2 aliphatic carbocycles. The van der Waals surface area contributed by atoms with Gasteiger partial charge in [-0.3, -0.25) is 0 Å². The van der Waals surface area contributed by atoms with Crippen LogP contribution in [0.25, 0.3) is 0 Å². The van der Waals surface area contributed by atoms with Crippen LogP contribution in [0, 0.1) is 23.7 Å². The van der Waals surface area contributed by atoms with Gasteiger partial charge in [0.25, 0.3) is 0 Å². The Kier molecular flexibility index (Phi) is 7.62. The summed E-state index contributed by atoms with van der Waals surface area (Å²) in [6, 6.07) is 0. The van der Waals surface area contributed by atoms with Crippen LogP contribution in [0.5, 0.6) is 0 Å². The second-order valence-electron chi connectivity index (χ2n) is 7.43. The summed E-state index contributed by atoms with van der Waals surface area (Å²) in [7, 11) is 0. The van der Waals surface area contributed by atoms with E-state index in [0.717, 1.165) is 23.7 Å². The van der Waals surface area contributed by atoms with Crippen LogP contribution in [0.1, 0.15) is 79.1 Å². The fourth-order valence-electron chi connectivity index (χ4n) is 4.10. The van der Waals surface area contributed by atoms with Crippen LogP contribution < -0.4 is 0 Å². The Morgan fingerprint density at radius 2 is 0.950 bits per heavy atom. The summed E-state index contributed by atoms with van der Waals surface area (Å²) < 4.78 is 0. The van der Waals surface area contributed by atoms with E-state index >= 15 is 0 Å². The van der Waals surface area contributed by atoms with Crippen molar-refractivity contribution in [2.45, 2.75) is 79.1 Å². The highest BCUT2D eigenvalue weighted by atomic mass is 14.3. The van der Waals surface area contributed by atoms with Gasteiger partial charge in [0.1, 0.15) is 0 Å². The maximum absolute atomic E-state index is 4.03. The minimum Gasteiger partial charge on any atom is -0.0999 e. The van der Waals surface area contributed by atoms with Crippen LogP contribution >= 0.6 is 0 Å². The van der Waals surface area contributed by atoms with E-state index < -0.39 is 0 Å². The standard InChI is InChI=1S/2C10H18/c2*1-8(2)10-7-5-4-6-9(10)3/h2*9-10H,1,4-7H2,2-3H3. The van der Waals surface area contributed by atoms with Gasteiger partial charge in [0.2, 0.25) is 0 Å². The SMILES string of the molecule is C=C(C)C1CCCCC1C.C=C(C)C1CCCCC1C. The van der Waals surface area contributed by atoms with E-state index in [-0.39, 0.29) is 0 Å². The Morgan fingerprint density at radius 1 is 0.650 bits per heavy atom. The lowest BCUT2D eigenvalue weighted by Gasteiger charge is -2.28. The van der Waals surface area contributed by atoms with Crippen LogP contribution in [-0.2, 0) is 0 Å². The summed E-state index contributed by atoms with van der Waals surface area (Å²) in [5.41, 5.74) is 2.79. The highest BCUT2D eigenvalue weighted by molar-refractivity contribution is 5.00. The third kappa shape index (κ3) is 5.46. The molecule has 0 aromatic rings. The quantitative estimate of drug-likeness (QED) is 0.488. The van der Waals surface area contributed by atoms with Crippen molar-refractivity contribution < 1.29 is 0 Å². The van der Waals surface area contributed by atoms with E-state index in [1.165, 1.54) is 62.5 Å². The molecule has 2 rings (SSSR count). The Balaban J connectivity index is 0.000000200. The molecule has 2 saturated carbocycles. The second-order valence-corrected chi connectivity index (χ2v) is 7.43.